The van der Waals surface area contributed by atoms with E-state index in [1.807, 2.05) is 6.08 Å². The highest BCUT2D eigenvalue weighted by Crippen LogP contribution is 2.21. The normalized spacial score (nSPS) is 14.8. The minimum Gasteiger partial charge on any atom is -0.299 e. The maximum absolute atomic E-state index is 10.1. The van der Waals surface area contributed by atoms with Crippen molar-refractivity contribution in [3.05, 3.63) is 12.2 Å². The Kier molecular flexibility index (Phi) is 13.0. The molecule has 2 atom stereocenters. The minimum absolute atomic E-state index is 0.836. The van der Waals surface area contributed by atoms with Crippen molar-refractivity contribution in [3.63, 3.8) is 0 Å². The van der Waals surface area contributed by atoms with Crippen LogP contribution in [0, 0.1) is 17.8 Å². The van der Waals surface area contributed by atoms with E-state index in [1.54, 1.807) is 6.08 Å². The molecule has 0 N–H and O–H groups in total. The molecule has 20 heavy (non-hydrogen) atoms. The minimum atomic E-state index is 0.836. The first-order chi connectivity index (χ1) is 9.56. The second kappa shape index (κ2) is 13.4. The van der Waals surface area contributed by atoms with Crippen LogP contribution in [0.5, 0.6) is 0 Å². The van der Waals surface area contributed by atoms with Gasteiger partial charge in [-0.3, -0.25) is 4.79 Å². The summed E-state index contributed by atoms with van der Waals surface area (Å²) in [6.45, 7) is 9.41. The van der Waals surface area contributed by atoms with E-state index in [9.17, 15) is 4.79 Å². The van der Waals surface area contributed by atoms with Gasteiger partial charge in [-0.05, 0) is 36.7 Å². The lowest BCUT2D eigenvalue weighted by Gasteiger charge is -2.14. The Morgan fingerprint density at radius 2 is 1.25 bits per heavy atom. The Labute approximate surface area is 127 Å². The summed E-state index contributed by atoms with van der Waals surface area (Å²) < 4.78 is 0. The Morgan fingerprint density at radius 3 is 1.75 bits per heavy atom. The number of unbranched alkanes of at least 4 members (excludes halogenated alkanes) is 1. The van der Waals surface area contributed by atoms with Gasteiger partial charge in [-0.15, -0.1) is 0 Å². The molecule has 0 saturated heterocycles. The molecule has 0 saturated carbocycles. The maximum atomic E-state index is 10.1. The largest absolute Gasteiger partial charge is 0.299 e. The van der Waals surface area contributed by atoms with Crippen molar-refractivity contribution >= 4 is 6.29 Å². The van der Waals surface area contributed by atoms with E-state index in [2.05, 4.69) is 27.7 Å². The number of hydrogen-bond donors (Lipinski definition) is 0. The second-order valence-corrected chi connectivity index (χ2v) is 6.96. The van der Waals surface area contributed by atoms with Crippen molar-refractivity contribution in [2.75, 3.05) is 0 Å². The average molecular weight is 280 g/mol. The molecular weight excluding hydrogens is 244 g/mol. The van der Waals surface area contributed by atoms with E-state index in [-0.39, 0.29) is 0 Å². The summed E-state index contributed by atoms with van der Waals surface area (Å²) in [6, 6.07) is 0. The first kappa shape index (κ1) is 19.4. The van der Waals surface area contributed by atoms with Gasteiger partial charge in [-0.2, -0.15) is 0 Å². The topological polar surface area (TPSA) is 17.1 Å². The first-order valence-electron chi connectivity index (χ1n) is 8.66. The van der Waals surface area contributed by atoms with Crippen LogP contribution < -0.4 is 0 Å². The Bertz CT molecular complexity index is 242. The second-order valence-electron chi connectivity index (χ2n) is 6.96. The van der Waals surface area contributed by atoms with Crippen LogP contribution in [0.3, 0.4) is 0 Å². The monoisotopic (exact) mass is 280 g/mol. The van der Waals surface area contributed by atoms with Crippen LogP contribution in [0.4, 0.5) is 0 Å². The lowest BCUT2D eigenvalue weighted by molar-refractivity contribution is -0.104. The maximum Gasteiger partial charge on any atom is 0.142 e. The van der Waals surface area contributed by atoms with E-state index in [0.29, 0.717) is 0 Å². The quantitative estimate of drug-likeness (QED) is 0.224. The molecule has 0 bridgehead atoms. The summed E-state index contributed by atoms with van der Waals surface area (Å²) in [5.41, 5.74) is 0. The van der Waals surface area contributed by atoms with Gasteiger partial charge >= 0.3 is 0 Å². The highest BCUT2D eigenvalue weighted by Gasteiger charge is 2.06. The zero-order valence-corrected chi connectivity index (χ0v) is 14.2. The SMILES string of the molecule is CC(C)CCCC(C)CCCC(C)CCC/C=C/C=O. The predicted molar refractivity (Wildman–Crippen MR) is 89.9 cm³/mol. The van der Waals surface area contributed by atoms with Crippen LogP contribution in [0.2, 0.25) is 0 Å². The van der Waals surface area contributed by atoms with Crippen LogP contribution in [0.25, 0.3) is 0 Å². The molecule has 0 aromatic heterocycles. The van der Waals surface area contributed by atoms with Gasteiger partial charge in [0.25, 0.3) is 0 Å². The van der Waals surface area contributed by atoms with Crippen molar-refractivity contribution in [1.82, 2.24) is 0 Å². The van der Waals surface area contributed by atoms with Crippen molar-refractivity contribution in [2.45, 2.75) is 85.5 Å². The van der Waals surface area contributed by atoms with E-state index in [0.717, 1.165) is 30.5 Å². The molecule has 0 aliphatic heterocycles. The van der Waals surface area contributed by atoms with Gasteiger partial charge in [-0.1, -0.05) is 78.7 Å². The molecular formula is C19H36O. The number of rotatable bonds is 13. The summed E-state index contributed by atoms with van der Waals surface area (Å²) in [5.74, 6) is 2.59. The molecule has 0 aromatic carbocycles. The van der Waals surface area contributed by atoms with E-state index in [4.69, 9.17) is 0 Å². The third-order valence-corrected chi connectivity index (χ3v) is 4.15. The van der Waals surface area contributed by atoms with E-state index < -0.39 is 0 Å². The van der Waals surface area contributed by atoms with Crippen LogP contribution in [-0.4, -0.2) is 6.29 Å². The van der Waals surface area contributed by atoms with Gasteiger partial charge in [0, 0.05) is 0 Å². The van der Waals surface area contributed by atoms with Crippen LogP contribution in [0.1, 0.15) is 85.5 Å². The Morgan fingerprint density at radius 1 is 0.750 bits per heavy atom. The van der Waals surface area contributed by atoms with E-state index in [1.165, 1.54) is 51.4 Å². The smallest absolute Gasteiger partial charge is 0.142 e. The average Bonchev–Trinajstić information content (AvgIpc) is 2.38. The molecule has 0 aliphatic carbocycles. The van der Waals surface area contributed by atoms with Crippen molar-refractivity contribution < 1.29 is 4.79 Å². The molecule has 118 valence electrons. The molecule has 0 rings (SSSR count). The number of hydrogen-bond acceptors (Lipinski definition) is 1. The van der Waals surface area contributed by atoms with Crippen molar-refractivity contribution in [2.24, 2.45) is 17.8 Å². The number of aldehydes is 1. The van der Waals surface area contributed by atoms with Gasteiger partial charge in [0.15, 0.2) is 0 Å². The van der Waals surface area contributed by atoms with Gasteiger partial charge in [-0.25, -0.2) is 0 Å². The molecule has 0 aliphatic rings. The van der Waals surface area contributed by atoms with Gasteiger partial charge in [0.1, 0.15) is 6.29 Å². The summed E-state index contributed by atoms with van der Waals surface area (Å²) in [4.78, 5) is 10.1. The first-order valence-corrected chi connectivity index (χ1v) is 8.66. The molecule has 0 spiro atoms. The van der Waals surface area contributed by atoms with Gasteiger partial charge in [0.05, 0.1) is 0 Å². The van der Waals surface area contributed by atoms with E-state index >= 15 is 0 Å². The third kappa shape index (κ3) is 13.8. The fraction of sp³-hybridized carbons (Fsp3) is 0.842. The molecule has 1 heteroatoms. The third-order valence-electron chi connectivity index (χ3n) is 4.15. The highest BCUT2D eigenvalue weighted by molar-refractivity contribution is 5.64. The standard InChI is InChI=1S/C19H36O/c1-17(2)11-9-13-19(4)15-10-14-18(3)12-7-5-6-8-16-20/h6,8,16-19H,5,7,9-15H2,1-4H3/b8-6+. The zero-order chi connectivity index (χ0) is 15.2. The van der Waals surface area contributed by atoms with Crippen LogP contribution in [-0.2, 0) is 4.79 Å². The summed E-state index contributed by atoms with van der Waals surface area (Å²) >= 11 is 0. The molecule has 0 amide bonds. The summed E-state index contributed by atoms with van der Waals surface area (Å²) in [6.07, 6.45) is 16.4. The number of carbonyl (C=O) groups is 1. The van der Waals surface area contributed by atoms with Crippen LogP contribution >= 0.6 is 0 Å². The predicted octanol–water partition coefficient (Wildman–Crippen LogP) is 6.18. The lowest BCUT2D eigenvalue weighted by Crippen LogP contribution is -2.00. The summed E-state index contributed by atoms with van der Waals surface area (Å²) in [5, 5.41) is 0. The summed E-state index contributed by atoms with van der Waals surface area (Å²) in [7, 11) is 0. The number of allylic oxidation sites excluding steroid dienone is 2. The van der Waals surface area contributed by atoms with Gasteiger partial charge < -0.3 is 0 Å². The van der Waals surface area contributed by atoms with Gasteiger partial charge in [0.2, 0.25) is 0 Å². The lowest BCUT2D eigenvalue weighted by atomic mass is 9.92. The fourth-order valence-corrected chi connectivity index (χ4v) is 2.71. The van der Waals surface area contributed by atoms with Crippen molar-refractivity contribution in [3.8, 4) is 0 Å². The molecule has 1 nitrogen and oxygen atoms in total. The highest BCUT2D eigenvalue weighted by atomic mass is 16.1. The molecule has 0 fully saturated rings. The number of carbonyl (C=O) groups excluding carboxylic acids is 1. The molecule has 0 heterocycles. The Hall–Kier alpha value is -0.590. The zero-order valence-electron chi connectivity index (χ0n) is 14.2. The molecule has 0 radical (unpaired) electrons. The fourth-order valence-electron chi connectivity index (χ4n) is 2.71. The Balaban J connectivity index is 3.43. The van der Waals surface area contributed by atoms with Crippen molar-refractivity contribution in [1.29, 1.82) is 0 Å². The molecule has 0 aromatic rings. The molecule has 2 unspecified atom stereocenters. The van der Waals surface area contributed by atoms with Crippen LogP contribution in [0.15, 0.2) is 12.2 Å².